The Morgan fingerprint density at radius 3 is 1.34 bits per heavy atom. The maximum atomic E-state index is 12.1. The average molecular weight is 422 g/mol. The number of rotatable bonds is 6. The van der Waals surface area contributed by atoms with Crippen LogP contribution in [0, 0.1) is 13.8 Å². The Hall–Kier alpha value is -1.85. The highest BCUT2D eigenvalue weighted by atomic mass is 31.2. The zero-order chi connectivity index (χ0) is 22.0. The van der Waals surface area contributed by atoms with Crippen molar-refractivity contribution in [2.75, 3.05) is 0 Å². The number of benzene rings is 2. The van der Waals surface area contributed by atoms with E-state index in [1.54, 1.807) is 12.1 Å². The Balaban J connectivity index is 2.00. The van der Waals surface area contributed by atoms with Gasteiger partial charge in [0.05, 0.1) is 0 Å². The van der Waals surface area contributed by atoms with E-state index < -0.39 is 7.82 Å². The molecule has 0 aliphatic heterocycles. The highest BCUT2D eigenvalue weighted by Gasteiger charge is 2.28. The lowest BCUT2D eigenvalue weighted by atomic mass is 9.86. The van der Waals surface area contributed by atoms with Gasteiger partial charge in [-0.3, -0.25) is 4.89 Å². The van der Waals surface area contributed by atoms with Gasteiger partial charge in [-0.2, -0.15) is 0 Å². The molecule has 0 aliphatic carbocycles. The molecule has 0 atom stereocenters. The van der Waals surface area contributed by atoms with Crippen molar-refractivity contribution in [2.45, 2.75) is 66.2 Å². The molecule has 0 saturated carbocycles. The fraction of sp³-hybridized carbons (Fsp3) is 0.455. The minimum absolute atomic E-state index is 0.0201. The lowest BCUT2D eigenvalue weighted by molar-refractivity contribution is -0.188. The van der Waals surface area contributed by atoms with E-state index in [1.807, 2.05) is 38.1 Å². The van der Waals surface area contributed by atoms with Crippen LogP contribution in [0.3, 0.4) is 0 Å². The average Bonchev–Trinajstić information content (AvgIpc) is 2.58. The van der Waals surface area contributed by atoms with Gasteiger partial charge in [0, 0.05) is 0 Å². The van der Waals surface area contributed by atoms with E-state index in [9.17, 15) is 9.46 Å². The summed E-state index contributed by atoms with van der Waals surface area (Å²) in [5, 5.41) is 0. The van der Waals surface area contributed by atoms with Crippen LogP contribution in [0.4, 0.5) is 0 Å². The van der Waals surface area contributed by atoms with E-state index in [2.05, 4.69) is 50.9 Å². The van der Waals surface area contributed by atoms with Crippen LogP contribution < -0.4 is 9.78 Å². The van der Waals surface area contributed by atoms with Crippen LogP contribution in [-0.4, -0.2) is 4.89 Å². The van der Waals surface area contributed by atoms with Crippen LogP contribution in [0.2, 0.25) is 0 Å². The van der Waals surface area contributed by atoms with Gasteiger partial charge in [0.2, 0.25) is 0 Å². The molecule has 2 rings (SSSR count). The number of phosphoric acid groups is 1. The van der Waals surface area contributed by atoms with Gasteiger partial charge < -0.3 is 9.78 Å². The molecule has 0 aromatic heterocycles. The third kappa shape index (κ3) is 6.58. The third-order valence-electron chi connectivity index (χ3n) is 4.52. The highest BCUT2D eigenvalue weighted by Crippen LogP contribution is 2.45. The minimum atomic E-state index is -4.60. The van der Waals surface area contributed by atoms with Crippen LogP contribution in [0.5, 0.6) is 11.5 Å². The summed E-state index contributed by atoms with van der Waals surface area (Å²) >= 11 is 0. The molecule has 2 aromatic carbocycles. The van der Waals surface area contributed by atoms with Crippen LogP contribution in [0.25, 0.3) is 0 Å². The van der Waals surface area contributed by atoms with Crippen molar-refractivity contribution in [2.24, 2.45) is 0 Å². The van der Waals surface area contributed by atoms with Crippen molar-refractivity contribution in [3.05, 3.63) is 58.7 Å². The summed E-state index contributed by atoms with van der Waals surface area (Å²) in [4.78, 5) is 19.9. The zero-order valence-corrected chi connectivity index (χ0v) is 19.3. The molecule has 29 heavy (non-hydrogen) atoms. The molecule has 0 unspecified atom stereocenters. The third-order valence-corrected chi connectivity index (χ3v) is 5.05. The van der Waals surface area contributed by atoms with Crippen LogP contribution in [0.1, 0.15) is 63.8 Å². The molecule has 0 heterocycles. The molecule has 0 spiro atoms. The summed E-state index contributed by atoms with van der Waals surface area (Å²) in [5.74, 6) is 0.642. The molecule has 0 bridgehead atoms. The van der Waals surface area contributed by atoms with Crippen molar-refractivity contribution in [1.29, 1.82) is 0 Å². The van der Waals surface area contributed by atoms with Crippen LogP contribution in [0.15, 0.2) is 36.4 Å². The summed E-state index contributed by atoms with van der Waals surface area (Å²) in [7, 11) is -4.60. The fourth-order valence-corrected chi connectivity index (χ4v) is 2.98. The monoisotopic (exact) mass is 422 g/mol. The molecule has 0 saturated heterocycles. The van der Waals surface area contributed by atoms with E-state index in [0.29, 0.717) is 11.5 Å². The first-order valence-electron chi connectivity index (χ1n) is 9.47. The molecule has 1 N–H and O–H groups in total. The van der Waals surface area contributed by atoms with Gasteiger partial charge in [-0.05, 0) is 59.1 Å². The van der Waals surface area contributed by atoms with Gasteiger partial charge in [0.15, 0.2) is 11.5 Å². The Kier molecular flexibility index (Phi) is 6.86. The van der Waals surface area contributed by atoms with E-state index in [-0.39, 0.29) is 10.8 Å². The molecular formula is C22H31O6P. The van der Waals surface area contributed by atoms with Crippen molar-refractivity contribution >= 4 is 7.82 Å². The minimum Gasteiger partial charge on any atom is -0.327 e. The highest BCUT2D eigenvalue weighted by molar-refractivity contribution is 7.47. The summed E-state index contributed by atoms with van der Waals surface area (Å²) in [5.41, 5.74) is 3.73. The lowest BCUT2D eigenvalue weighted by Crippen LogP contribution is -2.11. The van der Waals surface area contributed by atoms with Gasteiger partial charge in [-0.1, -0.05) is 75.2 Å². The van der Waals surface area contributed by atoms with Crippen LogP contribution >= 0.6 is 7.82 Å². The molecule has 0 radical (unpaired) electrons. The number of aryl methyl sites for hydroxylation is 2. The molecule has 160 valence electrons. The molecule has 2 aromatic rings. The fourth-order valence-electron chi connectivity index (χ4n) is 2.61. The largest absolute Gasteiger partial charge is 0.544 e. The van der Waals surface area contributed by atoms with Crippen LogP contribution in [-0.2, 0) is 24.7 Å². The molecule has 6 nitrogen and oxygen atoms in total. The second-order valence-corrected chi connectivity index (χ2v) is 10.5. The number of hydrogen-bond donors (Lipinski definition) is 1. The molecular weight excluding hydrogens is 391 g/mol. The zero-order valence-electron chi connectivity index (χ0n) is 18.4. The molecule has 7 heteroatoms. The Morgan fingerprint density at radius 1 is 0.724 bits per heavy atom. The Bertz CT molecular complexity index is 837. The van der Waals surface area contributed by atoms with Gasteiger partial charge in [0.25, 0.3) is 0 Å². The molecule has 0 amide bonds. The van der Waals surface area contributed by atoms with Crippen molar-refractivity contribution in [3.63, 3.8) is 0 Å². The summed E-state index contributed by atoms with van der Waals surface area (Å²) in [6.45, 7) is 16.2. The molecule has 0 fully saturated rings. The van der Waals surface area contributed by atoms with Gasteiger partial charge in [-0.25, -0.2) is 4.57 Å². The topological polar surface area (TPSA) is 74.2 Å². The maximum absolute atomic E-state index is 12.1. The first-order chi connectivity index (χ1) is 13.2. The quantitative estimate of drug-likeness (QED) is 0.334. The first kappa shape index (κ1) is 23.4. The van der Waals surface area contributed by atoms with Gasteiger partial charge in [0.1, 0.15) is 0 Å². The van der Waals surface area contributed by atoms with E-state index in [0.717, 1.165) is 22.3 Å². The maximum Gasteiger partial charge on any atom is 0.544 e. The van der Waals surface area contributed by atoms with E-state index in [4.69, 9.17) is 9.78 Å². The Morgan fingerprint density at radius 2 is 1.07 bits per heavy atom. The number of hydrogen-bond acceptors (Lipinski definition) is 5. The first-order valence-corrected chi connectivity index (χ1v) is 11.0. The second kappa shape index (κ2) is 8.49. The normalized spacial score (nSPS) is 12.7. The van der Waals surface area contributed by atoms with Crippen molar-refractivity contribution in [1.82, 2.24) is 0 Å². The predicted octanol–water partition coefficient (Wildman–Crippen LogP) is 6.32. The van der Waals surface area contributed by atoms with E-state index in [1.165, 1.54) is 0 Å². The Labute approximate surface area is 173 Å². The predicted molar refractivity (Wildman–Crippen MR) is 113 cm³/mol. The smallest absolute Gasteiger partial charge is 0.327 e. The summed E-state index contributed by atoms with van der Waals surface area (Å²) in [6, 6.07) is 11.0. The summed E-state index contributed by atoms with van der Waals surface area (Å²) in [6.07, 6.45) is 0. The van der Waals surface area contributed by atoms with Crippen molar-refractivity contribution in [3.8, 4) is 11.5 Å². The summed E-state index contributed by atoms with van der Waals surface area (Å²) < 4.78 is 21.3. The lowest BCUT2D eigenvalue weighted by Gasteiger charge is -2.21. The van der Waals surface area contributed by atoms with Gasteiger partial charge in [-0.15, -0.1) is 0 Å². The second-order valence-electron chi connectivity index (χ2n) is 9.24. The van der Waals surface area contributed by atoms with Crippen molar-refractivity contribution < 1.29 is 28.6 Å². The van der Waals surface area contributed by atoms with Gasteiger partial charge >= 0.3 is 7.82 Å². The standard InChI is InChI=1S/C22H31O6P/c1-15-13-17(21(3,4)5)9-11-19(15)25-27-29(23,24)28-26-20-12-10-18(14-16(20)2)22(6,7)8/h9-14H,1-8H3,(H,23,24). The molecule has 0 aliphatic rings. The SMILES string of the molecule is Cc1cc(C(C)(C)C)ccc1OOP(=O)(O)OOc1ccc(C(C)(C)C)cc1C. The van der Waals surface area contributed by atoms with E-state index >= 15 is 0 Å².